The van der Waals surface area contributed by atoms with Crippen LogP contribution >= 0.6 is 0 Å². The first-order chi connectivity index (χ1) is 33.0. The highest BCUT2D eigenvalue weighted by Gasteiger charge is 2.99. The lowest BCUT2D eigenvalue weighted by Crippen LogP contribution is -2.75. The summed E-state index contributed by atoms with van der Waals surface area (Å²) >= 11 is 0. The van der Waals surface area contributed by atoms with Crippen LogP contribution in [0.2, 0.25) is 0 Å². The van der Waals surface area contributed by atoms with Crippen molar-refractivity contribution in [3.05, 3.63) is 57.7 Å². The molecule has 0 atom stereocenters. The van der Waals surface area contributed by atoms with Crippen LogP contribution in [0.5, 0.6) is 11.5 Å². The van der Waals surface area contributed by atoms with Gasteiger partial charge in [0.25, 0.3) is 0 Å². The topological polar surface area (TPSA) is 9.23 Å². The molecule has 0 radical (unpaired) electrons. The molecule has 0 aliphatic carbocycles. The zero-order valence-electron chi connectivity index (χ0n) is 32.8. The highest BCUT2D eigenvalue weighted by atomic mass is 19.5. The molecule has 77 heavy (non-hydrogen) atoms. The summed E-state index contributed by atoms with van der Waals surface area (Å²) in [5.41, 5.74) is -11.3. The van der Waals surface area contributed by atoms with Gasteiger partial charge in [0.05, 0.1) is 0 Å². The van der Waals surface area contributed by atoms with Crippen LogP contribution in [0.3, 0.4) is 0 Å². The van der Waals surface area contributed by atoms with Crippen molar-refractivity contribution in [3.8, 4) is 11.5 Å². The van der Waals surface area contributed by atoms with Crippen LogP contribution in [0, 0.1) is 46.5 Å². The van der Waals surface area contributed by atoms with Gasteiger partial charge < -0.3 is 4.74 Å². The van der Waals surface area contributed by atoms with E-state index in [1.54, 1.807) is 0 Å². The van der Waals surface area contributed by atoms with Gasteiger partial charge >= 0.3 is 107 Å². The molecule has 0 aromatic heterocycles. The van der Waals surface area contributed by atoms with E-state index in [1.165, 1.54) is 0 Å². The van der Waals surface area contributed by atoms with Crippen molar-refractivity contribution in [2.75, 3.05) is 0 Å². The Morgan fingerprint density at radius 2 is 0.312 bits per heavy atom. The number of halogens is 46. The third kappa shape index (κ3) is 8.21. The molecule has 0 fully saturated rings. The zero-order chi connectivity index (χ0) is 62.6. The lowest BCUT2D eigenvalue weighted by molar-refractivity contribution is -0.469. The van der Waals surface area contributed by atoms with Gasteiger partial charge in [-0.1, -0.05) is 0 Å². The fraction of sp³-hybridized carbons (Fsp3) is 0.600. The standard InChI is InChI=1S/C30F46O/c31-3-1(13(39,40)15(43,44)17(47,48)19(51,52)21(55,56)23(59,60)25(63,64)27(67,68)29(71,72)73)11(9(37)7(35)5(3)33)77-12-2(4(32)6(34)8(36)10(12)38)14(41,42)16(45,46)18(49,50)20(53,54)22(57,58)24(61,62)26(65,66)28(69,70)30(74,75)76. The Balaban J connectivity index is 3.27. The van der Waals surface area contributed by atoms with Crippen molar-refractivity contribution < 1.29 is 207 Å². The minimum absolute atomic E-state index is 2.52. The first-order valence-electron chi connectivity index (χ1n) is 16.6. The summed E-state index contributed by atoms with van der Waals surface area (Å²) in [7, 11) is 0. The maximum absolute atomic E-state index is 15.3. The van der Waals surface area contributed by atoms with Crippen LogP contribution < -0.4 is 4.74 Å². The van der Waals surface area contributed by atoms with Crippen molar-refractivity contribution in [3.63, 3.8) is 0 Å². The second-order valence-electron chi connectivity index (χ2n) is 14.2. The van der Waals surface area contributed by atoms with Gasteiger partial charge in [-0.05, 0) is 0 Å². The molecule has 0 amide bonds. The molecule has 0 bridgehead atoms. The van der Waals surface area contributed by atoms with Crippen molar-refractivity contribution >= 4 is 0 Å². The summed E-state index contributed by atoms with van der Waals surface area (Å²) in [4.78, 5) is 0. The SMILES string of the molecule is Fc1c(F)c(F)c(C(F)(F)C(F)(F)C(F)(F)C(F)(F)C(F)(F)C(F)(F)C(F)(F)C(F)(F)C(F)(F)F)c(Oc2c(F)c(F)c(F)c(F)c2C(F)(F)C(F)(F)C(F)(F)C(F)(F)C(F)(F)C(F)(F)C(F)(F)C(F)(F)C(F)(F)F)c1F. The molecule has 0 unspecified atom stereocenters. The summed E-state index contributed by atoms with van der Waals surface area (Å²) in [6.45, 7) is 0. The second-order valence-corrected chi connectivity index (χ2v) is 14.2. The highest BCUT2D eigenvalue weighted by molar-refractivity contribution is 5.50. The molecule has 1 nitrogen and oxygen atoms in total. The van der Waals surface area contributed by atoms with Crippen molar-refractivity contribution in [2.24, 2.45) is 0 Å². The van der Waals surface area contributed by atoms with Crippen LogP contribution in [0.25, 0.3) is 0 Å². The predicted octanol–water partition coefficient (Wildman–Crippen LogP) is 16.8. The average molecular weight is 1250 g/mol. The Morgan fingerprint density at radius 1 is 0.169 bits per heavy atom. The predicted molar refractivity (Wildman–Crippen MR) is 142 cm³/mol. The van der Waals surface area contributed by atoms with Crippen LogP contribution in [0.4, 0.5) is 202 Å². The van der Waals surface area contributed by atoms with Gasteiger partial charge in [0.1, 0.15) is 11.1 Å². The molecule has 2 aromatic rings. The lowest BCUT2D eigenvalue weighted by Gasteiger charge is -2.44. The minimum atomic E-state index is -10.1. The second kappa shape index (κ2) is 17.8. The Kier molecular flexibility index (Phi) is 15.7. The van der Waals surface area contributed by atoms with E-state index in [0.29, 0.717) is 0 Å². The van der Waals surface area contributed by atoms with Crippen molar-refractivity contribution in [2.45, 2.75) is 107 Å². The Labute approximate surface area is 384 Å². The maximum atomic E-state index is 15.3. The normalized spacial score (nSPS) is 15.9. The molecular formula is C30F46O. The van der Waals surface area contributed by atoms with Crippen molar-refractivity contribution in [1.29, 1.82) is 0 Å². The molecule has 0 saturated heterocycles. The summed E-state index contributed by atoms with van der Waals surface area (Å²) < 4.78 is 647. The molecule has 2 rings (SSSR count). The number of alkyl halides is 38. The third-order valence-corrected chi connectivity index (χ3v) is 9.51. The number of hydrogen-bond acceptors (Lipinski definition) is 1. The van der Waals surface area contributed by atoms with Crippen LogP contribution in [0.15, 0.2) is 0 Å². The van der Waals surface area contributed by atoms with E-state index in [4.69, 9.17) is 0 Å². The Hall–Kier alpha value is -4.98. The van der Waals surface area contributed by atoms with Gasteiger partial charge in [0.2, 0.25) is 23.3 Å². The quantitative estimate of drug-likeness (QED) is 0.0821. The summed E-state index contributed by atoms with van der Waals surface area (Å²) in [6.07, 6.45) is -17.0. The lowest BCUT2D eigenvalue weighted by atomic mass is 9.85. The number of benzene rings is 2. The van der Waals surface area contributed by atoms with E-state index in [1.807, 2.05) is 0 Å². The summed E-state index contributed by atoms with van der Waals surface area (Å²) in [5, 5.41) is 0. The van der Waals surface area contributed by atoms with E-state index in [-0.39, 0.29) is 0 Å². The molecule has 0 N–H and O–H groups in total. The van der Waals surface area contributed by atoms with Gasteiger partial charge in [-0.25, -0.2) is 26.3 Å². The fourth-order valence-electron chi connectivity index (χ4n) is 5.11. The monoisotopic (exact) mass is 1250 g/mol. The fourth-order valence-corrected chi connectivity index (χ4v) is 5.11. The van der Waals surface area contributed by atoms with Crippen LogP contribution in [-0.4, -0.2) is 95.3 Å². The van der Waals surface area contributed by atoms with Gasteiger partial charge in [-0.3, -0.25) is 0 Å². The van der Waals surface area contributed by atoms with E-state index in [9.17, 15) is 184 Å². The summed E-state index contributed by atoms with van der Waals surface area (Å²) in [6, 6.07) is 0. The minimum Gasteiger partial charge on any atom is -0.450 e. The largest absolute Gasteiger partial charge is 0.460 e. The van der Waals surface area contributed by atoms with E-state index in [2.05, 4.69) is 4.74 Å². The summed E-state index contributed by atoms with van der Waals surface area (Å²) in [5.74, 6) is -204. The molecule has 0 aliphatic rings. The number of rotatable bonds is 18. The zero-order valence-corrected chi connectivity index (χ0v) is 32.8. The third-order valence-electron chi connectivity index (χ3n) is 9.51. The number of hydrogen-bond donors (Lipinski definition) is 0. The Bertz CT molecular complexity index is 2410. The van der Waals surface area contributed by atoms with Gasteiger partial charge in [0.15, 0.2) is 34.8 Å². The van der Waals surface area contributed by atoms with E-state index < -0.39 is 176 Å². The first kappa shape index (κ1) is 68.1. The highest BCUT2D eigenvalue weighted by Crippen LogP contribution is 2.70. The molecule has 0 saturated carbocycles. The Morgan fingerprint density at radius 3 is 0.481 bits per heavy atom. The smallest absolute Gasteiger partial charge is 0.450 e. The van der Waals surface area contributed by atoms with Gasteiger partial charge in [-0.15, -0.1) is 0 Å². The van der Waals surface area contributed by atoms with Gasteiger partial charge in [0, 0.05) is 0 Å². The molecule has 0 aliphatic heterocycles. The molecule has 0 heterocycles. The molecule has 448 valence electrons. The van der Waals surface area contributed by atoms with Crippen LogP contribution in [0.1, 0.15) is 11.1 Å². The maximum Gasteiger partial charge on any atom is 0.460 e. The van der Waals surface area contributed by atoms with Gasteiger partial charge in [-0.2, -0.15) is 176 Å². The first-order valence-corrected chi connectivity index (χ1v) is 16.6. The average Bonchev–Trinajstić information content (AvgIpc) is 3.23. The van der Waals surface area contributed by atoms with Crippen molar-refractivity contribution in [1.82, 2.24) is 0 Å². The number of ether oxygens (including phenoxy) is 1. The molecule has 0 spiro atoms. The van der Waals surface area contributed by atoms with Crippen LogP contribution in [-0.2, 0) is 11.8 Å². The molecule has 47 heteroatoms. The molecule has 2 aromatic carbocycles. The molecular weight excluding hydrogens is 1250 g/mol. The van der Waals surface area contributed by atoms with E-state index in [0.717, 1.165) is 0 Å². The van der Waals surface area contributed by atoms with E-state index >= 15 is 17.6 Å².